The fraction of sp³-hybridized carbons (Fsp3) is 0.892. The van der Waals surface area contributed by atoms with Gasteiger partial charge in [0.1, 0.15) is 5.54 Å². The molecule has 0 bridgehead atoms. The van der Waals surface area contributed by atoms with Crippen LogP contribution in [0, 0.1) is 11.8 Å². The summed E-state index contributed by atoms with van der Waals surface area (Å²) in [5.41, 5.74) is 3.99. The standard InChI is InChI=1S/C37H71N5O7/c1-15-26(4)32(28(47-13)23-30(44)42-21-16-17-27(42)33(48-14)25(2)3)40(11)31(45)24-39-34(46)37(9,10)41(12)29(43)18-19-36(7,8)49-22-20-35(5,6)38/h25-28,32-33H,15-24,38H2,1-14H3,(H,39,46). The molecule has 0 aliphatic carbocycles. The Kier molecular flexibility index (Phi) is 17.7. The molecule has 4 amide bonds. The van der Waals surface area contributed by atoms with Gasteiger partial charge in [-0.05, 0) is 79.1 Å². The smallest absolute Gasteiger partial charge is 0.245 e. The summed E-state index contributed by atoms with van der Waals surface area (Å²) in [5.74, 6) is -0.673. The van der Waals surface area contributed by atoms with E-state index < -0.39 is 29.2 Å². The quantitative estimate of drug-likeness (QED) is 0.183. The van der Waals surface area contributed by atoms with Crippen LogP contribution in [0.2, 0.25) is 0 Å². The first kappa shape index (κ1) is 44.7. The van der Waals surface area contributed by atoms with Crippen LogP contribution in [0.3, 0.4) is 0 Å². The molecule has 1 heterocycles. The summed E-state index contributed by atoms with van der Waals surface area (Å²) >= 11 is 0. The van der Waals surface area contributed by atoms with Crippen molar-refractivity contribution in [2.45, 2.75) is 155 Å². The molecule has 49 heavy (non-hydrogen) atoms. The molecule has 1 aliphatic heterocycles. The lowest BCUT2D eigenvalue weighted by Crippen LogP contribution is -2.58. The van der Waals surface area contributed by atoms with Gasteiger partial charge >= 0.3 is 0 Å². The van der Waals surface area contributed by atoms with E-state index in [1.165, 1.54) is 4.90 Å². The van der Waals surface area contributed by atoms with Crippen LogP contribution in [-0.4, -0.2) is 127 Å². The SMILES string of the molecule is CCC(C)C(C(CC(=O)N1CCCC1C(OC)C(C)C)OC)N(C)C(=O)CNC(=O)C(C)(C)N(C)C(=O)CCC(C)(C)OCCC(C)(C)N. The maximum Gasteiger partial charge on any atom is 0.245 e. The van der Waals surface area contributed by atoms with E-state index >= 15 is 0 Å². The Balaban J connectivity index is 2.90. The fourth-order valence-corrected chi connectivity index (χ4v) is 6.55. The number of hydrogen-bond donors (Lipinski definition) is 2. The number of hydrogen-bond acceptors (Lipinski definition) is 8. The number of amides is 4. The number of likely N-dealkylation sites (N-methyl/N-ethyl adjacent to an activating group) is 2. The third kappa shape index (κ3) is 13.4. The van der Waals surface area contributed by atoms with Gasteiger partial charge in [0.2, 0.25) is 23.6 Å². The monoisotopic (exact) mass is 698 g/mol. The van der Waals surface area contributed by atoms with Gasteiger partial charge in [0.15, 0.2) is 0 Å². The number of nitrogens with one attached hydrogen (secondary N) is 1. The van der Waals surface area contributed by atoms with Gasteiger partial charge in [0.05, 0.1) is 42.9 Å². The van der Waals surface area contributed by atoms with Gasteiger partial charge in [-0.1, -0.05) is 34.1 Å². The first-order valence-electron chi connectivity index (χ1n) is 18.1. The lowest BCUT2D eigenvalue weighted by Gasteiger charge is -2.39. The number of nitrogens with zero attached hydrogens (tertiary/aromatic N) is 3. The van der Waals surface area contributed by atoms with Crippen LogP contribution >= 0.6 is 0 Å². The topological polar surface area (TPSA) is 144 Å². The Morgan fingerprint density at radius 1 is 0.959 bits per heavy atom. The fourth-order valence-electron chi connectivity index (χ4n) is 6.55. The van der Waals surface area contributed by atoms with Gasteiger partial charge in [-0.15, -0.1) is 0 Å². The van der Waals surface area contributed by atoms with Crippen LogP contribution in [0.25, 0.3) is 0 Å². The average Bonchev–Trinajstić information content (AvgIpc) is 3.50. The Labute approximate surface area is 297 Å². The largest absolute Gasteiger partial charge is 0.379 e. The van der Waals surface area contributed by atoms with Crippen LogP contribution in [0.5, 0.6) is 0 Å². The molecule has 0 saturated carbocycles. The zero-order chi connectivity index (χ0) is 37.9. The molecule has 0 aromatic heterocycles. The van der Waals surface area contributed by atoms with Crippen LogP contribution in [-0.2, 0) is 33.4 Å². The van der Waals surface area contributed by atoms with Gasteiger partial charge in [0, 0.05) is 53.4 Å². The van der Waals surface area contributed by atoms with E-state index in [-0.39, 0.29) is 66.6 Å². The lowest BCUT2D eigenvalue weighted by atomic mass is 9.90. The minimum absolute atomic E-state index is 0.00814. The lowest BCUT2D eigenvalue weighted by molar-refractivity contribution is -0.147. The molecular formula is C37H71N5O7. The second-order valence-corrected chi connectivity index (χ2v) is 16.1. The van der Waals surface area contributed by atoms with Crippen molar-refractivity contribution in [3.8, 4) is 0 Å². The number of carbonyl (C=O) groups is 4. The molecule has 0 aromatic rings. The van der Waals surface area contributed by atoms with Crippen molar-refractivity contribution in [2.24, 2.45) is 17.6 Å². The first-order chi connectivity index (χ1) is 22.5. The van der Waals surface area contributed by atoms with E-state index in [0.717, 1.165) is 19.3 Å². The highest BCUT2D eigenvalue weighted by Gasteiger charge is 2.41. The Morgan fingerprint density at radius 3 is 2.08 bits per heavy atom. The van der Waals surface area contributed by atoms with E-state index in [2.05, 4.69) is 19.2 Å². The van der Waals surface area contributed by atoms with Crippen molar-refractivity contribution in [3.05, 3.63) is 0 Å². The first-order valence-corrected chi connectivity index (χ1v) is 18.1. The molecule has 5 unspecified atom stereocenters. The van der Waals surface area contributed by atoms with Crippen molar-refractivity contribution in [1.82, 2.24) is 20.0 Å². The summed E-state index contributed by atoms with van der Waals surface area (Å²) in [6, 6.07) is -0.389. The van der Waals surface area contributed by atoms with Gasteiger partial charge in [-0.25, -0.2) is 0 Å². The van der Waals surface area contributed by atoms with Crippen molar-refractivity contribution in [2.75, 3.05) is 48.0 Å². The number of nitrogens with two attached hydrogens (primary N) is 1. The molecule has 3 N–H and O–H groups in total. The van der Waals surface area contributed by atoms with Crippen LogP contribution in [0.15, 0.2) is 0 Å². The summed E-state index contributed by atoms with van der Waals surface area (Å²) in [5, 5.41) is 2.75. The molecule has 0 spiro atoms. The highest BCUT2D eigenvalue weighted by atomic mass is 16.5. The highest BCUT2D eigenvalue weighted by Crippen LogP contribution is 2.29. The molecule has 12 heteroatoms. The van der Waals surface area contributed by atoms with E-state index in [1.807, 2.05) is 46.4 Å². The summed E-state index contributed by atoms with van der Waals surface area (Å²) in [4.78, 5) is 58.7. The Morgan fingerprint density at radius 2 is 1.57 bits per heavy atom. The molecule has 1 saturated heterocycles. The predicted molar refractivity (Wildman–Crippen MR) is 194 cm³/mol. The zero-order valence-corrected chi connectivity index (χ0v) is 33.3. The summed E-state index contributed by atoms with van der Waals surface area (Å²) in [6.45, 7) is 20.3. The van der Waals surface area contributed by atoms with Gasteiger partial charge < -0.3 is 40.0 Å². The molecule has 1 rings (SSSR count). The molecule has 286 valence electrons. The van der Waals surface area contributed by atoms with Crippen LogP contribution in [0.4, 0.5) is 0 Å². The van der Waals surface area contributed by atoms with Gasteiger partial charge in [-0.3, -0.25) is 19.2 Å². The summed E-state index contributed by atoms with van der Waals surface area (Å²) in [7, 11) is 6.56. The number of ether oxygens (including phenoxy) is 3. The van der Waals surface area contributed by atoms with Crippen molar-refractivity contribution < 1.29 is 33.4 Å². The zero-order valence-electron chi connectivity index (χ0n) is 33.3. The molecule has 0 aromatic carbocycles. The van der Waals surface area contributed by atoms with E-state index in [0.29, 0.717) is 26.0 Å². The Bertz CT molecular complexity index is 1070. The normalized spacial score (nSPS) is 18.2. The van der Waals surface area contributed by atoms with E-state index in [1.54, 1.807) is 47.1 Å². The maximum atomic E-state index is 13.7. The minimum Gasteiger partial charge on any atom is -0.379 e. The number of carbonyl (C=O) groups excluding carboxylic acids is 4. The second kappa shape index (κ2) is 19.4. The van der Waals surface area contributed by atoms with Crippen molar-refractivity contribution in [1.29, 1.82) is 0 Å². The van der Waals surface area contributed by atoms with Crippen LogP contribution < -0.4 is 11.1 Å². The maximum absolute atomic E-state index is 13.7. The molecule has 1 aliphatic rings. The highest BCUT2D eigenvalue weighted by molar-refractivity contribution is 5.93. The predicted octanol–water partition coefficient (Wildman–Crippen LogP) is 3.98. The van der Waals surface area contributed by atoms with E-state index in [4.69, 9.17) is 19.9 Å². The summed E-state index contributed by atoms with van der Waals surface area (Å²) < 4.78 is 17.7. The molecule has 1 fully saturated rings. The minimum atomic E-state index is -1.20. The molecular weight excluding hydrogens is 626 g/mol. The molecule has 12 nitrogen and oxygen atoms in total. The number of likely N-dealkylation sites (tertiary alicyclic amines) is 1. The second-order valence-electron chi connectivity index (χ2n) is 16.1. The summed E-state index contributed by atoms with van der Waals surface area (Å²) in [6.07, 6.45) is 3.49. The molecule has 5 atom stereocenters. The van der Waals surface area contributed by atoms with Crippen molar-refractivity contribution in [3.63, 3.8) is 0 Å². The van der Waals surface area contributed by atoms with Gasteiger partial charge in [0.25, 0.3) is 0 Å². The van der Waals surface area contributed by atoms with E-state index in [9.17, 15) is 19.2 Å². The van der Waals surface area contributed by atoms with Gasteiger partial charge in [-0.2, -0.15) is 0 Å². The molecule has 0 radical (unpaired) electrons. The van der Waals surface area contributed by atoms with Crippen molar-refractivity contribution >= 4 is 23.6 Å². The average molecular weight is 698 g/mol. The van der Waals surface area contributed by atoms with Crippen LogP contribution in [0.1, 0.15) is 114 Å². The third-order valence-electron chi connectivity index (χ3n) is 10.4. The number of methoxy groups -OCH3 is 2. The number of rotatable bonds is 21. The Hall–Kier alpha value is -2.28. The third-order valence-corrected chi connectivity index (χ3v) is 10.4.